The van der Waals surface area contributed by atoms with Crippen LogP contribution in [0, 0.1) is 6.92 Å². The summed E-state index contributed by atoms with van der Waals surface area (Å²) in [6, 6.07) is 6.52. The molecule has 2 aliphatic heterocycles. The lowest BCUT2D eigenvalue weighted by Crippen LogP contribution is -2.38. The maximum absolute atomic E-state index is 13.5. The number of amides is 1. The van der Waals surface area contributed by atoms with Gasteiger partial charge < -0.3 is 14.1 Å². The van der Waals surface area contributed by atoms with Gasteiger partial charge in [-0.3, -0.25) is 19.5 Å². The van der Waals surface area contributed by atoms with Crippen LogP contribution in [0.2, 0.25) is 5.02 Å². The fraction of sp³-hybridized carbons (Fsp3) is 0.375. The van der Waals surface area contributed by atoms with Gasteiger partial charge in [0.25, 0.3) is 5.91 Å². The molecular weight excluding hydrogens is 430 g/mol. The number of pyridine rings is 1. The van der Waals surface area contributed by atoms with Crippen molar-refractivity contribution in [3.63, 3.8) is 0 Å². The minimum Gasteiger partial charge on any atom is -0.450 e. The molecule has 0 spiro atoms. The SMILES string of the molecule is Cc1cc2oc3c(c(=O)c2cc1Cl)C(c1cccnc1)N(CCCN1CCOCC1)C3=O. The second-order valence-electron chi connectivity index (χ2n) is 8.27. The number of hydrogen-bond donors (Lipinski definition) is 0. The molecule has 2 aliphatic rings. The average Bonchev–Trinajstić information content (AvgIpc) is 3.09. The Morgan fingerprint density at radius 3 is 2.75 bits per heavy atom. The largest absolute Gasteiger partial charge is 0.450 e. The first-order chi connectivity index (χ1) is 15.5. The Bertz CT molecular complexity index is 1220. The maximum Gasteiger partial charge on any atom is 0.290 e. The monoisotopic (exact) mass is 453 g/mol. The van der Waals surface area contributed by atoms with Gasteiger partial charge >= 0.3 is 0 Å². The Balaban J connectivity index is 1.54. The number of ether oxygens (including phenoxy) is 1. The highest BCUT2D eigenvalue weighted by Crippen LogP contribution is 2.38. The Kier molecular flexibility index (Phi) is 5.71. The fourth-order valence-corrected chi connectivity index (χ4v) is 4.71. The number of aryl methyl sites for hydroxylation is 1. The molecular formula is C24H24ClN3O4. The Labute approximate surface area is 190 Å². The van der Waals surface area contributed by atoms with Gasteiger partial charge in [-0.25, -0.2) is 0 Å². The van der Waals surface area contributed by atoms with Gasteiger partial charge in [0.15, 0.2) is 5.43 Å². The number of morpholine rings is 1. The number of carbonyl (C=O) groups is 1. The first kappa shape index (κ1) is 21.1. The molecule has 3 aromatic rings. The molecule has 5 rings (SSSR count). The molecule has 0 radical (unpaired) electrons. The maximum atomic E-state index is 13.5. The van der Waals surface area contributed by atoms with Crippen molar-refractivity contribution in [2.75, 3.05) is 39.4 Å². The molecule has 1 unspecified atom stereocenters. The highest BCUT2D eigenvalue weighted by atomic mass is 35.5. The highest BCUT2D eigenvalue weighted by Gasteiger charge is 2.42. The van der Waals surface area contributed by atoms with Crippen molar-refractivity contribution in [1.29, 1.82) is 0 Å². The highest BCUT2D eigenvalue weighted by molar-refractivity contribution is 6.32. The topological polar surface area (TPSA) is 75.9 Å². The summed E-state index contributed by atoms with van der Waals surface area (Å²) in [4.78, 5) is 35.3. The summed E-state index contributed by atoms with van der Waals surface area (Å²) in [5.41, 5.74) is 2.10. The fourth-order valence-electron chi connectivity index (χ4n) is 4.55. The third-order valence-corrected chi connectivity index (χ3v) is 6.63. The Morgan fingerprint density at radius 1 is 1.19 bits per heavy atom. The molecule has 1 aromatic carbocycles. The zero-order chi connectivity index (χ0) is 22.2. The molecule has 0 bridgehead atoms. The number of rotatable bonds is 5. The summed E-state index contributed by atoms with van der Waals surface area (Å²) in [5, 5.41) is 0.880. The van der Waals surface area contributed by atoms with Crippen LogP contribution in [0.3, 0.4) is 0 Å². The van der Waals surface area contributed by atoms with Gasteiger partial charge in [0.2, 0.25) is 5.76 Å². The van der Waals surface area contributed by atoms with Crippen LogP contribution < -0.4 is 5.43 Å². The molecule has 7 nitrogen and oxygen atoms in total. The van der Waals surface area contributed by atoms with Crippen LogP contribution in [0.5, 0.6) is 0 Å². The second-order valence-corrected chi connectivity index (χ2v) is 8.67. The van der Waals surface area contributed by atoms with Gasteiger partial charge in [0.05, 0.1) is 30.2 Å². The summed E-state index contributed by atoms with van der Waals surface area (Å²) in [6.07, 6.45) is 4.16. The quantitative estimate of drug-likeness (QED) is 0.589. The van der Waals surface area contributed by atoms with Gasteiger partial charge in [-0.1, -0.05) is 17.7 Å². The third-order valence-electron chi connectivity index (χ3n) is 6.22. The van der Waals surface area contributed by atoms with Crippen molar-refractivity contribution in [2.45, 2.75) is 19.4 Å². The van der Waals surface area contributed by atoms with E-state index in [1.54, 1.807) is 29.4 Å². The van der Waals surface area contributed by atoms with E-state index in [1.165, 1.54) is 0 Å². The summed E-state index contributed by atoms with van der Waals surface area (Å²) < 4.78 is 11.4. The van der Waals surface area contributed by atoms with Gasteiger partial charge in [-0.15, -0.1) is 0 Å². The van der Waals surface area contributed by atoms with Gasteiger partial charge in [-0.05, 0) is 42.7 Å². The lowest BCUT2D eigenvalue weighted by Gasteiger charge is -2.29. The Hall–Kier alpha value is -2.74. The van der Waals surface area contributed by atoms with E-state index in [2.05, 4.69) is 9.88 Å². The van der Waals surface area contributed by atoms with Crippen molar-refractivity contribution >= 4 is 28.5 Å². The molecule has 1 fully saturated rings. The van der Waals surface area contributed by atoms with E-state index >= 15 is 0 Å². The van der Waals surface area contributed by atoms with Crippen LogP contribution in [0.25, 0.3) is 11.0 Å². The van der Waals surface area contributed by atoms with Gasteiger partial charge in [0, 0.05) is 43.6 Å². The standard InChI is InChI=1S/C24H24ClN3O4/c1-15-12-19-17(13-18(15)25)22(29)20-21(16-4-2-5-26-14-16)28(24(30)23(20)32-19)7-3-6-27-8-10-31-11-9-27/h2,4-5,12-14,21H,3,6-11H2,1H3. The number of nitrogens with zero attached hydrogens (tertiary/aromatic N) is 3. The molecule has 1 amide bonds. The van der Waals surface area contributed by atoms with Crippen molar-refractivity contribution in [3.8, 4) is 0 Å². The summed E-state index contributed by atoms with van der Waals surface area (Å²) in [7, 11) is 0. The number of carbonyl (C=O) groups excluding carboxylic acids is 1. The molecule has 1 atom stereocenters. The normalized spacial score (nSPS) is 19.0. The van der Waals surface area contributed by atoms with Crippen molar-refractivity contribution < 1.29 is 13.9 Å². The summed E-state index contributed by atoms with van der Waals surface area (Å²) in [6.45, 7) is 6.47. The van der Waals surface area contributed by atoms with E-state index in [0.717, 1.165) is 50.4 Å². The minimum absolute atomic E-state index is 0.115. The van der Waals surface area contributed by atoms with E-state index in [9.17, 15) is 9.59 Å². The molecule has 0 saturated carbocycles. The molecule has 2 aromatic heterocycles. The first-order valence-corrected chi connectivity index (χ1v) is 11.2. The smallest absolute Gasteiger partial charge is 0.290 e. The van der Waals surface area contributed by atoms with Crippen LogP contribution in [0.4, 0.5) is 0 Å². The van der Waals surface area contributed by atoms with E-state index in [1.807, 2.05) is 19.1 Å². The molecule has 4 heterocycles. The molecule has 0 N–H and O–H groups in total. The lowest BCUT2D eigenvalue weighted by atomic mass is 9.99. The summed E-state index contributed by atoms with van der Waals surface area (Å²) >= 11 is 6.28. The number of aromatic nitrogens is 1. The zero-order valence-electron chi connectivity index (χ0n) is 17.8. The van der Waals surface area contributed by atoms with Crippen molar-refractivity contribution in [1.82, 2.24) is 14.8 Å². The minimum atomic E-state index is -0.531. The number of benzene rings is 1. The molecule has 1 saturated heterocycles. The van der Waals surface area contributed by atoms with Crippen LogP contribution in [0.1, 0.15) is 39.7 Å². The van der Waals surface area contributed by atoms with E-state index in [0.29, 0.717) is 28.1 Å². The van der Waals surface area contributed by atoms with Crippen molar-refractivity contribution in [2.24, 2.45) is 0 Å². The number of halogens is 1. The number of hydrogen-bond acceptors (Lipinski definition) is 6. The molecule has 32 heavy (non-hydrogen) atoms. The zero-order valence-corrected chi connectivity index (χ0v) is 18.6. The van der Waals surface area contributed by atoms with E-state index in [4.69, 9.17) is 20.8 Å². The van der Waals surface area contributed by atoms with Gasteiger partial charge in [0.1, 0.15) is 5.58 Å². The Morgan fingerprint density at radius 2 is 2.00 bits per heavy atom. The predicted octanol–water partition coefficient (Wildman–Crippen LogP) is 3.42. The summed E-state index contributed by atoms with van der Waals surface area (Å²) in [5.74, 6) is -0.146. The second kappa shape index (κ2) is 8.65. The van der Waals surface area contributed by atoms with E-state index < -0.39 is 6.04 Å². The molecule has 0 aliphatic carbocycles. The van der Waals surface area contributed by atoms with Crippen LogP contribution >= 0.6 is 11.6 Å². The number of fused-ring (bicyclic) bond motifs is 2. The van der Waals surface area contributed by atoms with Crippen LogP contribution in [0.15, 0.2) is 45.9 Å². The van der Waals surface area contributed by atoms with Crippen LogP contribution in [-0.4, -0.2) is 60.1 Å². The lowest BCUT2D eigenvalue weighted by molar-refractivity contribution is 0.0353. The average molecular weight is 454 g/mol. The van der Waals surface area contributed by atoms with Crippen LogP contribution in [-0.2, 0) is 4.74 Å². The van der Waals surface area contributed by atoms with E-state index in [-0.39, 0.29) is 17.1 Å². The third kappa shape index (κ3) is 3.70. The molecule has 8 heteroatoms. The van der Waals surface area contributed by atoms with Gasteiger partial charge in [-0.2, -0.15) is 0 Å². The first-order valence-electron chi connectivity index (χ1n) is 10.8. The van der Waals surface area contributed by atoms with Crippen molar-refractivity contribution in [3.05, 3.63) is 74.4 Å². The molecule has 166 valence electrons. The predicted molar refractivity (Wildman–Crippen MR) is 121 cm³/mol.